The van der Waals surface area contributed by atoms with Crippen LogP contribution in [0, 0.1) is 0 Å². The zero-order valence-corrected chi connectivity index (χ0v) is 19.9. The summed E-state index contributed by atoms with van der Waals surface area (Å²) in [6.07, 6.45) is 6.84. The Morgan fingerprint density at radius 1 is 1.29 bits per heavy atom. The molecule has 0 saturated carbocycles. The number of nitrogens with two attached hydrogens (primary N) is 1. The molecule has 184 valence electrons. The minimum atomic E-state index is -0.113. The van der Waals surface area contributed by atoms with E-state index < -0.39 is 0 Å². The molecule has 7 heteroatoms. The Kier molecular flexibility index (Phi) is 6.95. The molecule has 35 heavy (non-hydrogen) atoms. The number of anilines is 1. The summed E-state index contributed by atoms with van der Waals surface area (Å²) in [7, 11) is 1.72. The van der Waals surface area contributed by atoms with Crippen LogP contribution >= 0.6 is 0 Å². The van der Waals surface area contributed by atoms with Gasteiger partial charge in [-0.1, -0.05) is 42.5 Å². The molecule has 0 bridgehead atoms. The molecule has 0 unspecified atom stereocenters. The number of nitrogens with zero attached hydrogens (tertiary/aromatic N) is 2. The third-order valence-electron chi connectivity index (χ3n) is 6.45. The first kappa shape index (κ1) is 22.9. The molecule has 2 aliphatic rings. The molecule has 0 saturated heterocycles. The van der Waals surface area contributed by atoms with E-state index >= 15 is 0 Å². The van der Waals surface area contributed by atoms with Gasteiger partial charge in [-0.15, -0.1) is 0 Å². The van der Waals surface area contributed by atoms with Gasteiger partial charge in [-0.05, 0) is 41.8 Å². The molecule has 0 amide bonds. The molecule has 4 N–H and O–H groups in total. The summed E-state index contributed by atoms with van der Waals surface area (Å²) < 4.78 is 12.0. The highest BCUT2D eigenvalue weighted by Crippen LogP contribution is 2.33. The van der Waals surface area contributed by atoms with Crippen LogP contribution in [0.15, 0.2) is 72.0 Å². The lowest BCUT2D eigenvalue weighted by Gasteiger charge is -2.33. The molecule has 1 aromatic heterocycles. The normalized spacial score (nSPS) is 17.7. The van der Waals surface area contributed by atoms with Crippen LogP contribution in [-0.2, 0) is 12.8 Å². The van der Waals surface area contributed by atoms with Crippen molar-refractivity contribution in [3.05, 3.63) is 89.2 Å². The van der Waals surface area contributed by atoms with Crippen molar-refractivity contribution >= 4 is 17.5 Å². The number of aliphatic imine (C=N–C) groups is 1. The number of ether oxygens (including phenoxy) is 2. The van der Waals surface area contributed by atoms with E-state index in [0.717, 1.165) is 48.6 Å². The Hall–Kier alpha value is -3.84. The number of rotatable bonds is 8. The van der Waals surface area contributed by atoms with Crippen LogP contribution in [0.1, 0.15) is 31.1 Å². The largest absolute Gasteiger partial charge is 0.493 e. The summed E-state index contributed by atoms with van der Waals surface area (Å²) >= 11 is 0. The Labute approximate surface area is 209 Å². The molecule has 7 nitrogen and oxygen atoms in total. The van der Waals surface area contributed by atoms with Crippen LogP contribution in [0.4, 0.5) is 5.69 Å². The van der Waals surface area contributed by atoms with Crippen molar-refractivity contribution in [3.8, 4) is 11.6 Å². The van der Waals surface area contributed by atoms with Crippen molar-refractivity contribution in [2.75, 3.05) is 32.1 Å². The van der Waals surface area contributed by atoms with Gasteiger partial charge < -0.3 is 25.8 Å². The topological polar surface area (TPSA) is 93.8 Å². The maximum Gasteiger partial charge on any atom is 0.237 e. The molecule has 2 aliphatic heterocycles. The highest BCUT2D eigenvalue weighted by molar-refractivity contribution is 6.09. The number of nitrogens with one attached hydrogen (secondary N) is 2. The van der Waals surface area contributed by atoms with Gasteiger partial charge in [0, 0.05) is 46.1 Å². The van der Waals surface area contributed by atoms with E-state index in [-0.39, 0.29) is 15.0 Å². The SMILES string of the molecule is CN=C/C(=C\N)c1cnc2c(c1)NC[C@@H]([C@H](NCCc1ccc3c(c1)CCO3)c1ccccc1)O2.[HH].[HH]. The maximum atomic E-state index is 6.40. The number of hydrogen-bond donors (Lipinski definition) is 3. The lowest BCUT2D eigenvalue weighted by Crippen LogP contribution is -2.43. The van der Waals surface area contributed by atoms with E-state index in [1.54, 1.807) is 19.5 Å². The van der Waals surface area contributed by atoms with Crippen molar-refractivity contribution < 1.29 is 12.3 Å². The fourth-order valence-electron chi connectivity index (χ4n) is 4.66. The van der Waals surface area contributed by atoms with Gasteiger partial charge in [-0.25, -0.2) is 4.98 Å². The van der Waals surface area contributed by atoms with Crippen LogP contribution in [-0.4, -0.2) is 44.0 Å². The summed E-state index contributed by atoms with van der Waals surface area (Å²) in [4.78, 5) is 8.64. The third kappa shape index (κ3) is 5.15. The Balaban J connectivity index is 0.00000190. The van der Waals surface area contributed by atoms with Crippen LogP contribution in [0.5, 0.6) is 11.6 Å². The highest BCUT2D eigenvalue weighted by atomic mass is 16.5. The standard InChI is InChI=1S/C28H31N5O2.2H2/c1-30-16-23(15-29)22-14-24-28(33-17-22)35-26(18-32-24)27(20-5-3-2-4-6-20)31-11-9-19-7-8-25-21(13-19)10-12-34-25;;/h2-8,13-17,26-27,31-32H,9-12,18,29H2,1H3;2*1H/b23-15+,30-16?;;/t26-,27+;;/m0../s1. The molecule has 0 radical (unpaired) electrons. The Bertz CT molecular complexity index is 1240. The smallest absolute Gasteiger partial charge is 0.237 e. The van der Waals surface area contributed by atoms with Gasteiger partial charge in [0.1, 0.15) is 11.9 Å². The fourth-order valence-corrected chi connectivity index (χ4v) is 4.66. The van der Waals surface area contributed by atoms with Gasteiger partial charge >= 0.3 is 0 Å². The molecule has 0 aliphatic carbocycles. The third-order valence-corrected chi connectivity index (χ3v) is 6.45. The van der Waals surface area contributed by atoms with Crippen LogP contribution in [0.25, 0.3) is 5.57 Å². The van der Waals surface area contributed by atoms with Crippen molar-refractivity contribution in [3.63, 3.8) is 0 Å². The number of allylic oxidation sites excluding steroid dienone is 1. The van der Waals surface area contributed by atoms with Gasteiger partial charge in [0.15, 0.2) is 0 Å². The van der Waals surface area contributed by atoms with E-state index in [1.807, 2.05) is 12.1 Å². The molecule has 5 rings (SSSR count). The number of aromatic nitrogens is 1. The summed E-state index contributed by atoms with van der Waals surface area (Å²) in [6.45, 7) is 2.27. The van der Waals surface area contributed by atoms with Gasteiger partial charge in [-0.2, -0.15) is 0 Å². The van der Waals surface area contributed by atoms with E-state index in [4.69, 9.17) is 15.2 Å². The average Bonchev–Trinajstić information content (AvgIpc) is 3.38. The summed E-state index contributed by atoms with van der Waals surface area (Å²) in [5, 5.41) is 7.25. The predicted octanol–water partition coefficient (Wildman–Crippen LogP) is 4.26. The number of hydrogen-bond acceptors (Lipinski definition) is 7. The van der Waals surface area contributed by atoms with Crippen LogP contribution < -0.4 is 25.8 Å². The van der Waals surface area contributed by atoms with E-state index in [2.05, 4.69) is 63.1 Å². The molecule has 0 fully saturated rings. The Morgan fingerprint density at radius 3 is 3.00 bits per heavy atom. The highest BCUT2D eigenvalue weighted by Gasteiger charge is 2.29. The summed E-state index contributed by atoms with van der Waals surface area (Å²) in [6, 6.07) is 19.0. The summed E-state index contributed by atoms with van der Waals surface area (Å²) in [5.74, 6) is 1.62. The molecule has 3 heterocycles. The minimum Gasteiger partial charge on any atom is -0.493 e. The monoisotopic (exact) mass is 473 g/mol. The first-order valence-corrected chi connectivity index (χ1v) is 12.0. The molecule has 2 aromatic carbocycles. The molecular weight excluding hydrogens is 438 g/mol. The second-order valence-corrected chi connectivity index (χ2v) is 8.76. The van der Waals surface area contributed by atoms with Gasteiger partial charge in [0.25, 0.3) is 0 Å². The zero-order valence-electron chi connectivity index (χ0n) is 19.9. The molecule has 3 aromatic rings. The van der Waals surface area contributed by atoms with Gasteiger partial charge in [0.2, 0.25) is 5.88 Å². The molecule has 0 spiro atoms. The van der Waals surface area contributed by atoms with E-state index in [0.29, 0.717) is 12.4 Å². The minimum absolute atomic E-state index is 0. The first-order chi connectivity index (χ1) is 17.2. The second-order valence-electron chi connectivity index (χ2n) is 8.76. The quantitative estimate of drug-likeness (QED) is 0.424. The lowest BCUT2D eigenvalue weighted by molar-refractivity contribution is 0.150. The summed E-state index contributed by atoms with van der Waals surface area (Å²) in [5.41, 5.74) is 12.1. The molecule has 2 atom stereocenters. The van der Waals surface area contributed by atoms with E-state index in [1.165, 1.54) is 22.9 Å². The predicted molar refractivity (Wildman–Crippen MR) is 144 cm³/mol. The fraction of sp³-hybridized carbons (Fsp3) is 0.286. The zero-order chi connectivity index (χ0) is 24.0. The van der Waals surface area contributed by atoms with E-state index in [9.17, 15) is 0 Å². The van der Waals surface area contributed by atoms with Crippen molar-refractivity contribution in [1.29, 1.82) is 0 Å². The Morgan fingerprint density at radius 2 is 2.17 bits per heavy atom. The van der Waals surface area contributed by atoms with Crippen molar-refractivity contribution in [2.45, 2.75) is 25.0 Å². The van der Waals surface area contributed by atoms with Gasteiger partial charge in [0.05, 0.1) is 24.9 Å². The number of pyridine rings is 1. The van der Waals surface area contributed by atoms with Crippen molar-refractivity contribution in [2.24, 2.45) is 10.7 Å². The second kappa shape index (κ2) is 10.6. The average molecular weight is 474 g/mol. The van der Waals surface area contributed by atoms with Crippen molar-refractivity contribution in [1.82, 2.24) is 10.3 Å². The first-order valence-electron chi connectivity index (χ1n) is 12.0. The van der Waals surface area contributed by atoms with Crippen LogP contribution in [0.2, 0.25) is 0 Å². The lowest BCUT2D eigenvalue weighted by atomic mass is 9.99. The van der Waals surface area contributed by atoms with Gasteiger partial charge in [-0.3, -0.25) is 4.99 Å². The molecular formula is C28H35N5O2. The number of fused-ring (bicyclic) bond motifs is 2. The maximum absolute atomic E-state index is 6.40. The number of benzene rings is 2. The van der Waals surface area contributed by atoms with Crippen LogP contribution in [0.3, 0.4) is 0 Å².